The summed E-state index contributed by atoms with van der Waals surface area (Å²) in [5, 5.41) is 0.761. The van der Waals surface area contributed by atoms with E-state index in [2.05, 4.69) is 4.98 Å². The molecule has 5 nitrogen and oxygen atoms in total. The summed E-state index contributed by atoms with van der Waals surface area (Å²) in [7, 11) is 4.82. The minimum absolute atomic E-state index is 0.403. The van der Waals surface area contributed by atoms with E-state index >= 15 is 0 Å². The molecule has 2 aromatic rings. The van der Waals surface area contributed by atoms with Gasteiger partial charge < -0.3 is 19.9 Å². The van der Waals surface area contributed by atoms with Crippen molar-refractivity contribution in [3.05, 3.63) is 23.9 Å². The molecule has 0 atom stereocenters. The van der Waals surface area contributed by atoms with Crippen molar-refractivity contribution in [2.75, 3.05) is 27.1 Å². The quantitative estimate of drug-likeness (QED) is 0.896. The van der Waals surface area contributed by atoms with E-state index in [0.717, 1.165) is 11.1 Å². The predicted octanol–water partition coefficient (Wildman–Crippen LogP) is 1.98. The van der Waals surface area contributed by atoms with Crippen LogP contribution in [0.5, 0.6) is 11.5 Å². The van der Waals surface area contributed by atoms with Crippen LogP contribution in [0.2, 0.25) is 0 Å². The fraction of sp³-hybridized carbons (Fsp3) is 0.308. The lowest BCUT2D eigenvalue weighted by atomic mass is 10.1. The monoisotopic (exact) mass is 248 g/mol. The second-order valence-corrected chi connectivity index (χ2v) is 3.83. The number of aromatic nitrogens is 1. The van der Waals surface area contributed by atoms with Gasteiger partial charge in [0, 0.05) is 12.8 Å². The van der Waals surface area contributed by atoms with Crippen molar-refractivity contribution >= 4 is 16.6 Å². The fourth-order valence-corrected chi connectivity index (χ4v) is 1.93. The fourth-order valence-electron chi connectivity index (χ4n) is 1.93. The third kappa shape index (κ3) is 2.04. The van der Waals surface area contributed by atoms with Crippen LogP contribution in [-0.2, 0) is 11.3 Å². The highest BCUT2D eigenvalue weighted by molar-refractivity contribution is 5.99. The van der Waals surface area contributed by atoms with Crippen molar-refractivity contribution in [2.24, 2.45) is 0 Å². The SMILES string of the molecule is COCc1cc(N)c2c(OC)ccc(OC)c2n1. The van der Waals surface area contributed by atoms with Gasteiger partial charge in [0.2, 0.25) is 0 Å². The topological polar surface area (TPSA) is 66.6 Å². The Balaban J connectivity index is 2.75. The molecule has 0 spiro atoms. The van der Waals surface area contributed by atoms with E-state index in [9.17, 15) is 0 Å². The molecule has 0 aliphatic rings. The molecule has 1 aromatic carbocycles. The van der Waals surface area contributed by atoms with Crippen molar-refractivity contribution in [1.29, 1.82) is 0 Å². The van der Waals surface area contributed by atoms with Crippen LogP contribution in [0.15, 0.2) is 18.2 Å². The van der Waals surface area contributed by atoms with Crippen molar-refractivity contribution in [2.45, 2.75) is 6.61 Å². The van der Waals surface area contributed by atoms with Gasteiger partial charge in [-0.2, -0.15) is 0 Å². The van der Waals surface area contributed by atoms with Crippen LogP contribution < -0.4 is 15.2 Å². The Kier molecular flexibility index (Phi) is 3.53. The Morgan fingerprint density at radius 3 is 2.39 bits per heavy atom. The number of nitrogens with two attached hydrogens (primary N) is 1. The molecule has 0 saturated carbocycles. The van der Waals surface area contributed by atoms with E-state index in [1.54, 1.807) is 27.4 Å². The smallest absolute Gasteiger partial charge is 0.145 e. The maximum Gasteiger partial charge on any atom is 0.145 e. The molecule has 0 amide bonds. The summed E-state index contributed by atoms with van der Waals surface area (Å²) >= 11 is 0. The number of rotatable bonds is 4. The van der Waals surface area contributed by atoms with E-state index in [0.29, 0.717) is 29.3 Å². The second-order valence-electron chi connectivity index (χ2n) is 3.83. The molecular formula is C13H16N2O3. The van der Waals surface area contributed by atoms with E-state index in [-0.39, 0.29) is 0 Å². The third-order valence-electron chi connectivity index (χ3n) is 2.70. The molecule has 96 valence electrons. The number of fused-ring (bicyclic) bond motifs is 1. The van der Waals surface area contributed by atoms with Gasteiger partial charge in [0.25, 0.3) is 0 Å². The minimum Gasteiger partial charge on any atom is -0.496 e. The first-order valence-corrected chi connectivity index (χ1v) is 5.50. The van der Waals surface area contributed by atoms with Crippen LogP contribution in [0.1, 0.15) is 5.69 Å². The first kappa shape index (κ1) is 12.4. The molecular weight excluding hydrogens is 232 g/mol. The second kappa shape index (κ2) is 5.10. The number of benzene rings is 1. The molecule has 1 aromatic heterocycles. The van der Waals surface area contributed by atoms with Gasteiger partial charge in [0.15, 0.2) is 0 Å². The van der Waals surface area contributed by atoms with Gasteiger partial charge in [-0.3, -0.25) is 0 Å². The first-order valence-electron chi connectivity index (χ1n) is 5.50. The van der Waals surface area contributed by atoms with Gasteiger partial charge in [-0.25, -0.2) is 4.98 Å². The maximum atomic E-state index is 6.06. The molecule has 0 aliphatic heterocycles. The zero-order valence-corrected chi connectivity index (χ0v) is 10.7. The Morgan fingerprint density at radius 2 is 1.78 bits per heavy atom. The molecule has 2 rings (SSSR count). The molecule has 0 radical (unpaired) electrons. The Morgan fingerprint density at radius 1 is 1.11 bits per heavy atom. The van der Waals surface area contributed by atoms with Crippen LogP contribution in [0, 0.1) is 0 Å². The Hall–Kier alpha value is -2.01. The molecule has 2 N–H and O–H groups in total. The number of pyridine rings is 1. The lowest BCUT2D eigenvalue weighted by molar-refractivity contribution is 0.182. The third-order valence-corrected chi connectivity index (χ3v) is 2.70. The highest BCUT2D eigenvalue weighted by Crippen LogP contribution is 2.35. The number of nitrogens with zero attached hydrogens (tertiary/aromatic N) is 1. The summed E-state index contributed by atoms with van der Waals surface area (Å²) in [6.07, 6.45) is 0. The molecule has 0 unspecified atom stereocenters. The Bertz CT molecular complexity index is 570. The van der Waals surface area contributed by atoms with Crippen molar-refractivity contribution in [3.8, 4) is 11.5 Å². The van der Waals surface area contributed by atoms with Crippen LogP contribution >= 0.6 is 0 Å². The van der Waals surface area contributed by atoms with Gasteiger partial charge in [0.1, 0.15) is 17.0 Å². The lowest BCUT2D eigenvalue weighted by Crippen LogP contribution is -2.00. The zero-order valence-electron chi connectivity index (χ0n) is 10.7. The highest BCUT2D eigenvalue weighted by Gasteiger charge is 2.13. The molecule has 0 aliphatic carbocycles. The van der Waals surface area contributed by atoms with Crippen molar-refractivity contribution < 1.29 is 14.2 Å². The summed E-state index contributed by atoms with van der Waals surface area (Å²) in [5.41, 5.74) is 8.10. The number of nitrogen functional groups attached to an aromatic ring is 1. The van der Waals surface area contributed by atoms with E-state index in [1.807, 2.05) is 12.1 Å². The normalized spacial score (nSPS) is 10.6. The van der Waals surface area contributed by atoms with Gasteiger partial charge >= 0.3 is 0 Å². The molecule has 0 bridgehead atoms. The first-order chi connectivity index (χ1) is 8.71. The summed E-state index contributed by atoms with van der Waals surface area (Å²) in [6, 6.07) is 5.41. The average Bonchev–Trinajstić information content (AvgIpc) is 2.37. The summed E-state index contributed by atoms with van der Waals surface area (Å²) in [6.45, 7) is 0.403. The largest absolute Gasteiger partial charge is 0.496 e. The van der Waals surface area contributed by atoms with Gasteiger partial charge in [-0.05, 0) is 18.2 Å². The summed E-state index contributed by atoms with van der Waals surface area (Å²) in [5.74, 6) is 1.34. The highest BCUT2D eigenvalue weighted by atomic mass is 16.5. The molecule has 1 heterocycles. The van der Waals surface area contributed by atoms with Gasteiger partial charge in [0.05, 0.1) is 31.9 Å². The predicted molar refractivity (Wildman–Crippen MR) is 70.0 cm³/mol. The number of methoxy groups -OCH3 is 3. The average molecular weight is 248 g/mol. The molecule has 5 heteroatoms. The summed E-state index contributed by atoms with van der Waals surface area (Å²) < 4.78 is 15.7. The number of anilines is 1. The standard InChI is InChI=1S/C13H16N2O3/c1-16-7-8-6-9(14)12-10(17-2)4-5-11(18-3)13(12)15-8/h4-6H,7H2,1-3H3,(H2,14,15). The number of ether oxygens (including phenoxy) is 3. The van der Waals surface area contributed by atoms with Crippen molar-refractivity contribution in [3.63, 3.8) is 0 Å². The molecule has 0 saturated heterocycles. The minimum atomic E-state index is 0.403. The lowest BCUT2D eigenvalue weighted by Gasteiger charge is -2.12. The van der Waals surface area contributed by atoms with E-state index in [4.69, 9.17) is 19.9 Å². The van der Waals surface area contributed by atoms with E-state index < -0.39 is 0 Å². The van der Waals surface area contributed by atoms with Gasteiger partial charge in [-0.15, -0.1) is 0 Å². The molecule has 18 heavy (non-hydrogen) atoms. The van der Waals surface area contributed by atoms with Crippen LogP contribution in [-0.4, -0.2) is 26.3 Å². The van der Waals surface area contributed by atoms with Crippen LogP contribution in [0.4, 0.5) is 5.69 Å². The maximum absolute atomic E-state index is 6.06. The Labute approximate surface area is 105 Å². The van der Waals surface area contributed by atoms with E-state index in [1.165, 1.54) is 0 Å². The number of hydrogen-bond donors (Lipinski definition) is 1. The zero-order chi connectivity index (χ0) is 13.1. The van der Waals surface area contributed by atoms with Crippen molar-refractivity contribution in [1.82, 2.24) is 4.98 Å². The summed E-state index contributed by atoms with van der Waals surface area (Å²) in [4.78, 5) is 4.50. The van der Waals surface area contributed by atoms with Gasteiger partial charge in [-0.1, -0.05) is 0 Å². The number of hydrogen-bond acceptors (Lipinski definition) is 5. The van der Waals surface area contributed by atoms with Crippen LogP contribution in [0.25, 0.3) is 10.9 Å². The van der Waals surface area contributed by atoms with Crippen LogP contribution in [0.3, 0.4) is 0 Å². The molecule has 0 fully saturated rings.